The number of aryl methyl sites for hydroxylation is 1. The zero-order chi connectivity index (χ0) is 30.4. The van der Waals surface area contributed by atoms with Crippen molar-refractivity contribution in [2.75, 3.05) is 49.9 Å². The van der Waals surface area contributed by atoms with Crippen LogP contribution in [0.2, 0.25) is 5.02 Å². The SMILES string of the molecule is [C-]#[N+]C[C@H]1CN(c2nc(=O)n3c4c(c(-c5c(F)ccnc5N)c(Cl)cc24)CCC3CN2CCCC2=O)CCN1C(=O)C=C. The average Bonchev–Trinajstić information content (AvgIpc) is 3.39. The molecule has 5 heterocycles. The zero-order valence-corrected chi connectivity index (χ0v) is 24.2. The summed E-state index contributed by atoms with van der Waals surface area (Å²) in [4.78, 5) is 56.4. The maximum absolute atomic E-state index is 15.3. The van der Waals surface area contributed by atoms with E-state index in [-0.39, 0.29) is 47.3 Å². The third kappa shape index (κ3) is 4.87. The first-order valence-corrected chi connectivity index (χ1v) is 14.6. The highest BCUT2D eigenvalue weighted by molar-refractivity contribution is 6.35. The van der Waals surface area contributed by atoms with Crippen molar-refractivity contribution in [2.24, 2.45) is 0 Å². The minimum atomic E-state index is -0.581. The van der Waals surface area contributed by atoms with E-state index in [9.17, 15) is 14.4 Å². The molecule has 13 heteroatoms. The number of benzene rings is 1. The van der Waals surface area contributed by atoms with Crippen molar-refractivity contribution in [3.63, 3.8) is 0 Å². The number of hydrogen-bond donors (Lipinski definition) is 1. The molecule has 2 atom stereocenters. The lowest BCUT2D eigenvalue weighted by Gasteiger charge is -2.40. The van der Waals surface area contributed by atoms with Crippen LogP contribution in [0, 0.1) is 12.4 Å². The van der Waals surface area contributed by atoms with Gasteiger partial charge in [0, 0.05) is 61.3 Å². The molecule has 2 saturated heterocycles. The van der Waals surface area contributed by atoms with Crippen molar-refractivity contribution in [1.82, 2.24) is 24.3 Å². The van der Waals surface area contributed by atoms with Crippen molar-refractivity contribution in [3.8, 4) is 11.1 Å². The van der Waals surface area contributed by atoms with Gasteiger partial charge < -0.3 is 25.3 Å². The largest absolute Gasteiger partial charge is 0.383 e. The van der Waals surface area contributed by atoms with E-state index >= 15 is 4.39 Å². The van der Waals surface area contributed by atoms with Crippen molar-refractivity contribution < 1.29 is 14.0 Å². The van der Waals surface area contributed by atoms with Crippen LogP contribution in [0.5, 0.6) is 0 Å². The van der Waals surface area contributed by atoms with Gasteiger partial charge >= 0.3 is 5.69 Å². The Balaban J connectivity index is 1.55. The fourth-order valence-corrected chi connectivity index (χ4v) is 7.03. The second kappa shape index (κ2) is 11.3. The molecule has 1 aromatic carbocycles. The first kappa shape index (κ1) is 28.6. The van der Waals surface area contributed by atoms with Gasteiger partial charge in [-0.25, -0.2) is 20.7 Å². The van der Waals surface area contributed by atoms with Crippen molar-refractivity contribution >= 4 is 46.0 Å². The topological polar surface area (TPSA) is 122 Å². The predicted molar refractivity (Wildman–Crippen MR) is 161 cm³/mol. The Kier molecular flexibility index (Phi) is 7.52. The molecule has 0 bridgehead atoms. The molecule has 2 aromatic heterocycles. The summed E-state index contributed by atoms with van der Waals surface area (Å²) in [6.07, 6.45) is 4.74. The lowest BCUT2D eigenvalue weighted by molar-refractivity contribution is -0.129. The zero-order valence-electron chi connectivity index (χ0n) is 23.4. The normalized spacial score (nSPS) is 20.0. The van der Waals surface area contributed by atoms with Crippen LogP contribution in [0.15, 0.2) is 35.8 Å². The van der Waals surface area contributed by atoms with Gasteiger partial charge in [-0.3, -0.25) is 14.2 Å². The van der Waals surface area contributed by atoms with Gasteiger partial charge in [-0.05, 0) is 43.0 Å². The number of nitrogen functional groups attached to an aromatic ring is 1. The Morgan fingerprint density at radius 3 is 2.74 bits per heavy atom. The van der Waals surface area contributed by atoms with Gasteiger partial charge in [-0.15, -0.1) is 0 Å². The fraction of sp³-hybridized carbons (Fsp3) is 0.400. The van der Waals surface area contributed by atoms with Gasteiger partial charge in [0.15, 0.2) is 0 Å². The lowest BCUT2D eigenvalue weighted by atomic mass is 9.89. The number of carbonyl (C=O) groups is 2. The molecule has 11 nitrogen and oxygen atoms in total. The smallest absolute Gasteiger partial charge is 0.350 e. The van der Waals surface area contributed by atoms with Gasteiger partial charge in [0.05, 0.1) is 17.1 Å². The van der Waals surface area contributed by atoms with Gasteiger partial charge in [0.25, 0.3) is 0 Å². The van der Waals surface area contributed by atoms with Gasteiger partial charge in [-0.1, -0.05) is 18.2 Å². The summed E-state index contributed by atoms with van der Waals surface area (Å²) < 4.78 is 16.9. The molecule has 222 valence electrons. The van der Waals surface area contributed by atoms with Crippen molar-refractivity contribution in [1.29, 1.82) is 0 Å². The molecule has 0 radical (unpaired) electrons. The molecule has 43 heavy (non-hydrogen) atoms. The molecule has 6 rings (SSSR count). The number of piperazine rings is 1. The van der Waals surface area contributed by atoms with Crippen LogP contribution in [0.4, 0.5) is 16.0 Å². The number of anilines is 2. The maximum atomic E-state index is 15.3. The van der Waals surface area contributed by atoms with Crippen LogP contribution in [-0.4, -0.2) is 81.5 Å². The summed E-state index contributed by atoms with van der Waals surface area (Å²) in [5.41, 5.74) is 7.33. The number of halogens is 2. The molecule has 3 aliphatic rings. The third-order valence-corrected chi connectivity index (χ3v) is 8.96. The maximum Gasteiger partial charge on any atom is 0.350 e. The number of nitrogens with zero attached hydrogens (tertiary/aromatic N) is 7. The second-order valence-electron chi connectivity index (χ2n) is 11.1. The van der Waals surface area contributed by atoms with E-state index in [0.29, 0.717) is 73.3 Å². The number of likely N-dealkylation sites (tertiary alicyclic amines) is 1. The first-order chi connectivity index (χ1) is 20.7. The van der Waals surface area contributed by atoms with Crippen molar-refractivity contribution in [2.45, 2.75) is 37.8 Å². The molecule has 3 aliphatic heterocycles. The van der Waals surface area contributed by atoms with E-state index in [4.69, 9.17) is 23.9 Å². The van der Waals surface area contributed by atoms with E-state index < -0.39 is 17.5 Å². The highest BCUT2D eigenvalue weighted by Gasteiger charge is 2.36. The Labute approximate surface area is 252 Å². The summed E-state index contributed by atoms with van der Waals surface area (Å²) in [6, 6.07) is 2.12. The summed E-state index contributed by atoms with van der Waals surface area (Å²) in [5.74, 6) is -0.427. The van der Waals surface area contributed by atoms with E-state index in [1.165, 1.54) is 18.3 Å². The molecule has 0 aliphatic carbocycles. The van der Waals surface area contributed by atoms with Crippen LogP contribution in [-0.2, 0) is 16.0 Å². The molecule has 2 N–H and O–H groups in total. The Morgan fingerprint density at radius 2 is 2.05 bits per heavy atom. The summed E-state index contributed by atoms with van der Waals surface area (Å²) in [7, 11) is 0. The second-order valence-corrected chi connectivity index (χ2v) is 11.5. The Hall–Kier alpha value is -4.50. The molecule has 0 saturated carbocycles. The molecule has 1 unspecified atom stereocenters. The lowest BCUT2D eigenvalue weighted by Crippen LogP contribution is -2.56. The van der Waals surface area contributed by atoms with Crippen LogP contribution in [0.3, 0.4) is 0 Å². The van der Waals surface area contributed by atoms with Crippen molar-refractivity contribution in [3.05, 3.63) is 69.3 Å². The number of carbonyl (C=O) groups excluding carboxylic acids is 2. The number of amides is 2. The quantitative estimate of drug-likeness (QED) is 0.339. The molecular weight excluding hydrogens is 575 g/mol. The third-order valence-electron chi connectivity index (χ3n) is 8.66. The Bertz CT molecular complexity index is 1750. The average molecular weight is 605 g/mol. The number of nitrogens with two attached hydrogens (primary N) is 1. The van der Waals surface area contributed by atoms with E-state index in [1.807, 2.05) is 4.90 Å². The number of aromatic nitrogens is 3. The van der Waals surface area contributed by atoms with E-state index in [2.05, 4.69) is 21.4 Å². The minimum Gasteiger partial charge on any atom is -0.383 e. The fourth-order valence-electron chi connectivity index (χ4n) is 6.71. The highest BCUT2D eigenvalue weighted by atomic mass is 35.5. The number of hydrogen-bond acceptors (Lipinski definition) is 7. The van der Waals surface area contributed by atoms with Gasteiger partial charge in [0.1, 0.15) is 23.5 Å². The molecular formula is C30H30ClFN8O3. The van der Waals surface area contributed by atoms with Crippen LogP contribution in [0.1, 0.15) is 30.9 Å². The standard InChI is InChI=1S/C30H30ClFN8O3/c1-3-23(41)39-12-11-38(16-18(39)14-34-2)29-20-13-21(31)25(26-22(32)8-9-35-28(26)33)19-7-6-17(15-37-10-4-5-24(37)42)40(27(19)20)30(43)36-29/h3,8-9,13,17-18H,1,4-7,10-12,14-16H2,(H2,33,35)/t17?,18-/m0/s1. The summed E-state index contributed by atoms with van der Waals surface area (Å²) in [6.45, 7) is 13.0. The van der Waals surface area contributed by atoms with E-state index in [1.54, 1.807) is 20.4 Å². The molecule has 2 amide bonds. The van der Waals surface area contributed by atoms with Crippen LogP contribution < -0.4 is 16.3 Å². The Morgan fingerprint density at radius 1 is 1.23 bits per heavy atom. The molecule has 3 aromatic rings. The first-order valence-electron chi connectivity index (χ1n) is 14.2. The molecule has 0 spiro atoms. The highest BCUT2D eigenvalue weighted by Crippen LogP contribution is 2.45. The monoisotopic (exact) mass is 604 g/mol. The summed E-state index contributed by atoms with van der Waals surface area (Å²) in [5, 5.41) is 0.828. The number of rotatable bonds is 6. The van der Waals surface area contributed by atoms with E-state index in [0.717, 1.165) is 6.42 Å². The minimum absolute atomic E-state index is 0.0181. The number of pyridine rings is 1. The van der Waals surface area contributed by atoms with Crippen LogP contribution in [0.25, 0.3) is 26.9 Å². The summed E-state index contributed by atoms with van der Waals surface area (Å²) >= 11 is 6.91. The van der Waals surface area contributed by atoms with Gasteiger partial charge in [0.2, 0.25) is 18.4 Å². The predicted octanol–water partition coefficient (Wildman–Crippen LogP) is 3.07. The van der Waals surface area contributed by atoms with Crippen LogP contribution >= 0.6 is 11.6 Å². The molecule has 2 fully saturated rings. The van der Waals surface area contributed by atoms with Gasteiger partial charge in [-0.2, -0.15) is 4.98 Å².